The van der Waals surface area contributed by atoms with Crippen molar-refractivity contribution in [3.05, 3.63) is 53.7 Å². The van der Waals surface area contributed by atoms with Crippen LogP contribution in [0.5, 0.6) is 11.6 Å². The minimum absolute atomic E-state index is 0.467. The molecule has 0 radical (unpaired) electrons. The number of halogens is 1. The van der Waals surface area contributed by atoms with Crippen LogP contribution in [0.25, 0.3) is 0 Å². The molecule has 2 rings (SSSR count). The number of aryl methyl sites for hydroxylation is 1. The molecule has 88 valence electrons. The van der Waals surface area contributed by atoms with Crippen LogP contribution in [0.3, 0.4) is 0 Å². The minimum Gasteiger partial charge on any atom is -0.439 e. The molecule has 0 fully saturated rings. The van der Waals surface area contributed by atoms with E-state index in [4.69, 9.17) is 16.3 Å². The van der Waals surface area contributed by atoms with Crippen molar-refractivity contribution < 1.29 is 4.74 Å². The van der Waals surface area contributed by atoms with Crippen molar-refractivity contribution >= 4 is 11.6 Å². The summed E-state index contributed by atoms with van der Waals surface area (Å²) in [6.45, 7) is 2.10. The van der Waals surface area contributed by atoms with E-state index in [9.17, 15) is 0 Å². The van der Waals surface area contributed by atoms with Crippen molar-refractivity contribution in [2.75, 3.05) is 0 Å². The van der Waals surface area contributed by atoms with E-state index < -0.39 is 0 Å². The van der Waals surface area contributed by atoms with Gasteiger partial charge >= 0.3 is 0 Å². The number of pyridine rings is 1. The highest BCUT2D eigenvalue weighted by atomic mass is 35.5. The molecular weight excluding hydrogens is 234 g/mol. The molecule has 0 aliphatic rings. The minimum atomic E-state index is 0.467. The van der Waals surface area contributed by atoms with E-state index in [1.54, 1.807) is 6.20 Å². The summed E-state index contributed by atoms with van der Waals surface area (Å²) >= 11 is 5.78. The zero-order valence-corrected chi connectivity index (χ0v) is 10.4. The maximum atomic E-state index is 5.78. The van der Waals surface area contributed by atoms with Crippen LogP contribution < -0.4 is 4.74 Å². The van der Waals surface area contributed by atoms with Crippen molar-refractivity contribution in [1.29, 1.82) is 0 Å². The van der Waals surface area contributed by atoms with E-state index in [1.165, 1.54) is 5.56 Å². The fourth-order valence-corrected chi connectivity index (χ4v) is 1.76. The van der Waals surface area contributed by atoms with Gasteiger partial charge in [-0.15, -0.1) is 11.6 Å². The number of hydrogen-bond donors (Lipinski definition) is 0. The first kappa shape index (κ1) is 11.9. The van der Waals surface area contributed by atoms with Gasteiger partial charge < -0.3 is 4.74 Å². The van der Waals surface area contributed by atoms with Gasteiger partial charge in [0.1, 0.15) is 5.75 Å². The van der Waals surface area contributed by atoms with Gasteiger partial charge in [0.2, 0.25) is 5.88 Å². The van der Waals surface area contributed by atoms with Gasteiger partial charge in [-0.2, -0.15) is 0 Å². The molecule has 0 spiro atoms. The predicted octanol–water partition coefficient (Wildman–Crippen LogP) is 4.18. The summed E-state index contributed by atoms with van der Waals surface area (Å²) in [6, 6.07) is 11.7. The standard InChI is InChI=1S/C14H14ClNO/c1-2-12-5-3-4-6-13(12)17-14-9-11(10-15)7-8-16-14/h3-9H,2,10H2,1H3. The zero-order valence-electron chi connectivity index (χ0n) is 9.69. The molecule has 2 nitrogen and oxygen atoms in total. The van der Waals surface area contributed by atoms with Crippen molar-refractivity contribution in [2.24, 2.45) is 0 Å². The number of ether oxygens (including phenoxy) is 1. The van der Waals surface area contributed by atoms with E-state index >= 15 is 0 Å². The summed E-state index contributed by atoms with van der Waals surface area (Å²) in [4.78, 5) is 4.18. The third-order valence-corrected chi connectivity index (χ3v) is 2.83. The first-order chi connectivity index (χ1) is 8.33. The largest absolute Gasteiger partial charge is 0.439 e. The smallest absolute Gasteiger partial charge is 0.219 e. The van der Waals surface area contributed by atoms with Gasteiger partial charge in [-0.25, -0.2) is 4.98 Å². The molecule has 0 aliphatic heterocycles. The monoisotopic (exact) mass is 247 g/mol. The van der Waals surface area contributed by atoms with Crippen molar-refractivity contribution in [3.8, 4) is 11.6 Å². The van der Waals surface area contributed by atoms with Crippen molar-refractivity contribution in [3.63, 3.8) is 0 Å². The predicted molar refractivity (Wildman–Crippen MR) is 69.7 cm³/mol. The van der Waals surface area contributed by atoms with Crippen LogP contribution in [-0.4, -0.2) is 4.98 Å². The van der Waals surface area contributed by atoms with Crippen LogP contribution in [0.2, 0.25) is 0 Å². The number of para-hydroxylation sites is 1. The second-order valence-corrected chi connectivity index (χ2v) is 3.97. The molecule has 17 heavy (non-hydrogen) atoms. The number of aromatic nitrogens is 1. The van der Waals surface area contributed by atoms with Crippen LogP contribution in [0.15, 0.2) is 42.6 Å². The summed E-state index contributed by atoms with van der Waals surface area (Å²) in [5.41, 5.74) is 2.18. The van der Waals surface area contributed by atoms with E-state index in [-0.39, 0.29) is 0 Å². The Bertz CT molecular complexity index is 499. The Morgan fingerprint density at radius 2 is 2.06 bits per heavy atom. The molecule has 2 aromatic rings. The highest BCUT2D eigenvalue weighted by molar-refractivity contribution is 6.17. The maximum Gasteiger partial charge on any atom is 0.219 e. The average Bonchev–Trinajstić information content (AvgIpc) is 2.39. The van der Waals surface area contributed by atoms with Gasteiger partial charge in [-0.1, -0.05) is 25.1 Å². The highest BCUT2D eigenvalue weighted by Crippen LogP contribution is 2.24. The lowest BCUT2D eigenvalue weighted by Crippen LogP contribution is -1.92. The normalized spacial score (nSPS) is 10.2. The second kappa shape index (κ2) is 5.69. The van der Waals surface area contributed by atoms with E-state index in [0.29, 0.717) is 11.8 Å². The van der Waals surface area contributed by atoms with E-state index in [0.717, 1.165) is 17.7 Å². The molecule has 0 amide bonds. The number of alkyl halides is 1. The summed E-state index contributed by atoms with van der Waals surface area (Å²) in [6.07, 6.45) is 2.65. The molecule has 0 atom stereocenters. The number of hydrogen-bond acceptors (Lipinski definition) is 2. The summed E-state index contributed by atoms with van der Waals surface area (Å²) < 4.78 is 5.77. The van der Waals surface area contributed by atoms with Gasteiger partial charge in [-0.3, -0.25) is 0 Å². The third kappa shape index (κ3) is 2.98. The molecule has 1 aromatic carbocycles. The molecule has 0 unspecified atom stereocenters. The maximum absolute atomic E-state index is 5.78. The van der Waals surface area contributed by atoms with Crippen LogP contribution in [0.4, 0.5) is 0 Å². The SMILES string of the molecule is CCc1ccccc1Oc1cc(CCl)ccn1. The number of rotatable bonds is 4. The Morgan fingerprint density at radius 1 is 1.24 bits per heavy atom. The van der Waals surface area contributed by atoms with Gasteiger partial charge in [0.25, 0.3) is 0 Å². The fraction of sp³-hybridized carbons (Fsp3) is 0.214. The Kier molecular flexibility index (Phi) is 3.99. The molecule has 3 heteroatoms. The van der Waals surface area contributed by atoms with E-state index in [1.807, 2.05) is 30.3 Å². The van der Waals surface area contributed by atoms with Crippen LogP contribution in [-0.2, 0) is 12.3 Å². The first-order valence-corrected chi connectivity index (χ1v) is 6.13. The second-order valence-electron chi connectivity index (χ2n) is 3.70. The van der Waals surface area contributed by atoms with Crippen LogP contribution in [0, 0.1) is 0 Å². The third-order valence-electron chi connectivity index (χ3n) is 2.52. The molecular formula is C14H14ClNO. The molecule has 0 saturated carbocycles. The van der Waals surface area contributed by atoms with Crippen molar-refractivity contribution in [1.82, 2.24) is 4.98 Å². The lowest BCUT2D eigenvalue weighted by Gasteiger charge is -2.09. The molecule has 1 aromatic heterocycles. The first-order valence-electron chi connectivity index (χ1n) is 5.60. The lowest BCUT2D eigenvalue weighted by molar-refractivity contribution is 0.457. The van der Waals surface area contributed by atoms with Gasteiger partial charge in [-0.05, 0) is 29.7 Å². The summed E-state index contributed by atoms with van der Waals surface area (Å²) in [5.74, 6) is 1.91. The summed E-state index contributed by atoms with van der Waals surface area (Å²) in [7, 11) is 0. The molecule has 0 N–H and O–H groups in total. The summed E-state index contributed by atoms with van der Waals surface area (Å²) in [5, 5.41) is 0. The zero-order chi connectivity index (χ0) is 12.1. The number of nitrogens with zero attached hydrogens (tertiary/aromatic N) is 1. The van der Waals surface area contributed by atoms with Crippen LogP contribution >= 0.6 is 11.6 Å². The molecule has 0 bridgehead atoms. The van der Waals surface area contributed by atoms with Gasteiger partial charge in [0.15, 0.2) is 0 Å². The fourth-order valence-electron chi connectivity index (χ4n) is 1.60. The van der Waals surface area contributed by atoms with Gasteiger partial charge in [0.05, 0.1) is 0 Å². The van der Waals surface area contributed by atoms with Gasteiger partial charge in [0, 0.05) is 18.1 Å². The van der Waals surface area contributed by atoms with E-state index in [2.05, 4.69) is 18.0 Å². The highest BCUT2D eigenvalue weighted by Gasteiger charge is 2.03. The Balaban J connectivity index is 2.24. The Morgan fingerprint density at radius 3 is 2.82 bits per heavy atom. The lowest BCUT2D eigenvalue weighted by atomic mass is 10.1. The van der Waals surface area contributed by atoms with Crippen LogP contribution in [0.1, 0.15) is 18.1 Å². The Hall–Kier alpha value is -1.54. The topological polar surface area (TPSA) is 22.1 Å². The van der Waals surface area contributed by atoms with Crippen molar-refractivity contribution in [2.45, 2.75) is 19.2 Å². The number of benzene rings is 1. The average molecular weight is 248 g/mol. The Labute approximate surface area is 106 Å². The molecule has 0 saturated heterocycles. The molecule has 1 heterocycles. The quantitative estimate of drug-likeness (QED) is 0.757. The molecule has 0 aliphatic carbocycles.